The van der Waals surface area contributed by atoms with Crippen molar-refractivity contribution in [2.24, 2.45) is 0 Å². The van der Waals surface area contributed by atoms with Gasteiger partial charge in [-0.25, -0.2) is 9.71 Å². The standard InChI is InChI=1S/C5H10N2O3S.C2H6/c1-2-11(8,9)7-5-6-3-4-10-5;1-2/h3-4,8-9H,2H2,1H3,(H,6,7);1-2H3. The van der Waals surface area contributed by atoms with E-state index >= 15 is 0 Å². The van der Waals surface area contributed by atoms with Crippen molar-refractivity contribution in [1.82, 2.24) is 4.98 Å². The van der Waals surface area contributed by atoms with Crippen molar-refractivity contribution >= 4 is 16.8 Å². The van der Waals surface area contributed by atoms with Gasteiger partial charge in [0, 0.05) is 0 Å². The van der Waals surface area contributed by atoms with Gasteiger partial charge in [0.2, 0.25) is 0 Å². The normalized spacial score (nSPS) is 11.5. The molecule has 6 heteroatoms. The lowest BCUT2D eigenvalue weighted by atomic mass is 11.0. The predicted molar refractivity (Wildman–Crippen MR) is 54.9 cm³/mol. The van der Waals surface area contributed by atoms with Gasteiger partial charge in [-0.1, -0.05) is 13.8 Å². The van der Waals surface area contributed by atoms with Crippen LogP contribution in [0.1, 0.15) is 20.8 Å². The molecule has 0 aromatic carbocycles. The lowest BCUT2D eigenvalue weighted by molar-refractivity contribution is 0.490. The molecule has 13 heavy (non-hydrogen) atoms. The summed E-state index contributed by atoms with van der Waals surface area (Å²) in [6, 6.07) is 0.131. The molecule has 1 heterocycles. The first-order valence-electron chi connectivity index (χ1n) is 4.07. The molecule has 1 aromatic rings. The van der Waals surface area contributed by atoms with Gasteiger partial charge >= 0.3 is 6.01 Å². The zero-order valence-corrected chi connectivity index (χ0v) is 8.84. The van der Waals surface area contributed by atoms with E-state index in [9.17, 15) is 0 Å². The first kappa shape index (κ1) is 12.3. The Labute approximate surface area is 79.7 Å². The average molecular weight is 208 g/mol. The Morgan fingerprint density at radius 1 is 1.54 bits per heavy atom. The fourth-order valence-electron chi connectivity index (χ4n) is 0.486. The molecule has 0 unspecified atom stereocenters. The summed E-state index contributed by atoms with van der Waals surface area (Å²) in [7, 11) is -2.75. The first-order valence-corrected chi connectivity index (χ1v) is 5.79. The zero-order valence-electron chi connectivity index (χ0n) is 8.02. The van der Waals surface area contributed by atoms with Gasteiger partial charge in [0.1, 0.15) is 6.26 Å². The third-order valence-corrected chi connectivity index (χ3v) is 2.39. The highest BCUT2D eigenvalue weighted by Gasteiger charge is 2.10. The first-order chi connectivity index (χ1) is 6.14. The van der Waals surface area contributed by atoms with E-state index < -0.39 is 10.8 Å². The number of nitrogens with zero attached hydrogens (tertiary/aromatic N) is 1. The smallest absolute Gasteiger partial charge is 0.313 e. The Kier molecular flexibility index (Phi) is 5.52. The highest BCUT2D eigenvalue weighted by molar-refractivity contribution is 8.25. The zero-order chi connectivity index (χ0) is 10.3. The van der Waals surface area contributed by atoms with E-state index in [1.165, 1.54) is 12.5 Å². The number of nitrogens with one attached hydrogen (secondary N) is 1. The molecule has 0 bridgehead atoms. The molecule has 1 aromatic heterocycles. The fourth-order valence-corrected chi connectivity index (χ4v) is 1.01. The number of rotatable bonds is 3. The van der Waals surface area contributed by atoms with Crippen LogP contribution in [0.25, 0.3) is 0 Å². The van der Waals surface area contributed by atoms with Gasteiger partial charge in [0.15, 0.2) is 0 Å². The van der Waals surface area contributed by atoms with Crippen molar-refractivity contribution in [3.05, 3.63) is 12.5 Å². The van der Waals surface area contributed by atoms with E-state index in [0.29, 0.717) is 0 Å². The van der Waals surface area contributed by atoms with Gasteiger partial charge < -0.3 is 4.42 Å². The molecule has 0 radical (unpaired) electrons. The second-order valence-electron chi connectivity index (χ2n) is 1.89. The van der Waals surface area contributed by atoms with Crippen LogP contribution in [0.3, 0.4) is 0 Å². The molecule has 78 valence electrons. The molecule has 0 spiro atoms. The van der Waals surface area contributed by atoms with Crippen molar-refractivity contribution < 1.29 is 13.5 Å². The second kappa shape index (κ2) is 5.85. The minimum Gasteiger partial charge on any atom is -0.431 e. The third-order valence-electron chi connectivity index (χ3n) is 1.09. The van der Waals surface area contributed by atoms with Crippen molar-refractivity contribution in [3.63, 3.8) is 0 Å². The molecule has 0 aliphatic heterocycles. The maximum absolute atomic E-state index is 9.12. The number of aromatic nitrogens is 1. The lowest BCUT2D eigenvalue weighted by Crippen LogP contribution is -2.10. The van der Waals surface area contributed by atoms with Crippen molar-refractivity contribution in [2.45, 2.75) is 20.8 Å². The molecule has 0 saturated heterocycles. The Balaban J connectivity index is 0.000000671. The van der Waals surface area contributed by atoms with Crippen LogP contribution in [-0.2, 0) is 0 Å². The second-order valence-corrected chi connectivity index (χ2v) is 4.01. The molecule has 0 amide bonds. The maximum Gasteiger partial charge on any atom is 0.313 e. The van der Waals surface area contributed by atoms with Crippen LogP contribution < -0.4 is 4.72 Å². The summed E-state index contributed by atoms with van der Waals surface area (Å²) < 4.78 is 25.4. The molecule has 5 nitrogen and oxygen atoms in total. The van der Waals surface area contributed by atoms with Crippen LogP contribution in [0, 0.1) is 0 Å². The van der Waals surface area contributed by atoms with Gasteiger partial charge in [0.25, 0.3) is 0 Å². The minimum absolute atomic E-state index is 0.131. The minimum atomic E-state index is -2.75. The lowest BCUT2D eigenvalue weighted by Gasteiger charge is -2.29. The molecule has 1 rings (SSSR count). The van der Waals surface area contributed by atoms with Crippen LogP contribution >= 0.6 is 10.8 Å². The monoisotopic (exact) mass is 208 g/mol. The number of anilines is 1. The van der Waals surface area contributed by atoms with Gasteiger partial charge in [-0.15, -0.1) is 10.8 Å². The van der Waals surface area contributed by atoms with Crippen molar-refractivity contribution in [1.29, 1.82) is 0 Å². The Morgan fingerprint density at radius 3 is 2.54 bits per heavy atom. The summed E-state index contributed by atoms with van der Waals surface area (Å²) >= 11 is 0. The Hall–Kier alpha value is -0.720. The van der Waals surface area contributed by atoms with Crippen LogP contribution in [0.2, 0.25) is 0 Å². The Bertz CT molecular complexity index is 214. The fraction of sp³-hybridized carbons (Fsp3) is 0.571. The maximum atomic E-state index is 9.12. The van der Waals surface area contributed by atoms with E-state index in [4.69, 9.17) is 13.5 Å². The molecule has 0 aliphatic carbocycles. The predicted octanol–water partition coefficient (Wildman–Crippen LogP) is 2.80. The molecular formula is C7H16N2O3S. The van der Waals surface area contributed by atoms with Crippen molar-refractivity contribution in [3.8, 4) is 0 Å². The number of oxazole rings is 1. The quantitative estimate of drug-likeness (QED) is 0.711. The summed E-state index contributed by atoms with van der Waals surface area (Å²) in [5.41, 5.74) is 0. The highest BCUT2D eigenvalue weighted by atomic mass is 32.3. The third kappa shape index (κ3) is 4.76. The molecule has 0 atom stereocenters. The summed E-state index contributed by atoms with van der Waals surface area (Å²) in [6.07, 6.45) is 2.78. The SMILES string of the molecule is CC.CCS(O)(O)Nc1ncco1. The molecule has 0 aliphatic rings. The number of hydrogen-bond donors (Lipinski definition) is 3. The van der Waals surface area contributed by atoms with Crippen LogP contribution in [0.4, 0.5) is 6.01 Å². The van der Waals surface area contributed by atoms with E-state index in [0.717, 1.165) is 0 Å². The van der Waals surface area contributed by atoms with Crippen LogP contribution in [0.5, 0.6) is 0 Å². The summed E-state index contributed by atoms with van der Waals surface area (Å²) in [5, 5.41) is 0. The summed E-state index contributed by atoms with van der Waals surface area (Å²) in [4.78, 5) is 3.67. The molecule has 0 fully saturated rings. The summed E-state index contributed by atoms with van der Waals surface area (Å²) in [5.74, 6) is 0.232. The van der Waals surface area contributed by atoms with Crippen LogP contribution in [0.15, 0.2) is 16.9 Å². The van der Waals surface area contributed by atoms with E-state index in [-0.39, 0.29) is 11.8 Å². The van der Waals surface area contributed by atoms with E-state index in [1.807, 2.05) is 13.8 Å². The molecule has 3 N–H and O–H groups in total. The highest BCUT2D eigenvalue weighted by Crippen LogP contribution is 2.37. The molecule has 0 saturated carbocycles. The van der Waals surface area contributed by atoms with Gasteiger partial charge in [-0.2, -0.15) is 0 Å². The van der Waals surface area contributed by atoms with Crippen molar-refractivity contribution in [2.75, 3.05) is 10.5 Å². The van der Waals surface area contributed by atoms with Gasteiger partial charge in [-0.3, -0.25) is 9.11 Å². The van der Waals surface area contributed by atoms with Crippen LogP contribution in [-0.4, -0.2) is 19.8 Å². The molecular weight excluding hydrogens is 192 g/mol. The summed E-state index contributed by atoms with van der Waals surface area (Å²) in [6.45, 7) is 5.66. The van der Waals surface area contributed by atoms with E-state index in [2.05, 4.69) is 9.71 Å². The van der Waals surface area contributed by atoms with Gasteiger partial charge in [-0.05, 0) is 6.92 Å². The average Bonchev–Trinajstić information content (AvgIpc) is 2.60. The largest absolute Gasteiger partial charge is 0.431 e. The van der Waals surface area contributed by atoms with E-state index in [1.54, 1.807) is 6.92 Å². The Morgan fingerprint density at radius 2 is 2.15 bits per heavy atom. The van der Waals surface area contributed by atoms with Gasteiger partial charge in [0.05, 0.1) is 11.9 Å². The topological polar surface area (TPSA) is 78.5 Å². The number of hydrogen-bond acceptors (Lipinski definition) is 5.